The highest BCUT2D eigenvalue weighted by Gasteiger charge is 2.28. The summed E-state index contributed by atoms with van der Waals surface area (Å²) in [6, 6.07) is 7.57. The van der Waals surface area contributed by atoms with Crippen LogP contribution in [-0.2, 0) is 6.42 Å². The zero-order chi connectivity index (χ0) is 15.3. The van der Waals surface area contributed by atoms with Crippen LogP contribution in [0.15, 0.2) is 24.3 Å². The van der Waals surface area contributed by atoms with Crippen molar-refractivity contribution in [3.63, 3.8) is 0 Å². The van der Waals surface area contributed by atoms with Gasteiger partial charge in [-0.2, -0.15) is 0 Å². The van der Waals surface area contributed by atoms with Crippen LogP contribution in [0.5, 0.6) is 0 Å². The minimum Gasteiger partial charge on any atom is -0.390 e. The molecule has 1 aliphatic rings. The monoisotopic (exact) mass is 293 g/mol. The molecule has 0 radical (unpaired) electrons. The zero-order valence-corrected chi connectivity index (χ0v) is 12.5. The zero-order valence-electron chi connectivity index (χ0n) is 12.5. The average Bonchev–Trinajstić information content (AvgIpc) is 2.52. The molecule has 0 aromatic heterocycles. The molecule has 118 valence electrons. The predicted molar refractivity (Wildman–Crippen MR) is 82.8 cm³/mol. The van der Waals surface area contributed by atoms with Gasteiger partial charge in [-0.3, -0.25) is 0 Å². The fraction of sp³-hybridized carbons (Fsp3) is 0.647. The van der Waals surface area contributed by atoms with E-state index in [0.29, 0.717) is 5.56 Å². The molecule has 0 spiro atoms. The third-order valence-corrected chi connectivity index (χ3v) is 4.56. The molecule has 0 heterocycles. The summed E-state index contributed by atoms with van der Waals surface area (Å²) in [7, 11) is 0. The third kappa shape index (κ3) is 4.51. The number of benzene rings is 1. The Balaban J connectivity index is 1.97. The number of aliphatic hydroxyl groups excluding tert-OH is 2. The van der Waals surface area contributed by atoms with Gasteiger partial charge in [0.2, 0.25) is 0 Å². The van der Waals surface area contributed by atoms with E-state index >= 15 is 0 Å². The van der Waals surface area contributed by atoms with Crippen LogP contribution in [-0.4, -0.2) is 33.6 Å². The van der Waals surface area contributed by atoms with Gasteiger partial charge in [-0.1, -0.05) is 43.5 Å². The van der Waals surface area contributed by atoms with E-state index in [1.165, 1.54) is 6.42 Å². The minimum atomic E-state index is -0.951. The van der Waals surface area contributed by atoms with Gasteiger partial charge in [-0.05, 0) is 36.8 Å². The largest absolute Gasteiger partial charge is 0.390 e. The molecule has 1 aliphatic carbocycles. The van der Waals surface area contributed by atoms with Crippen LogP contribution in [0.3, 0.4) is 0 Å². The molecule has 1 saturated carbocycles. The quantitative estimate of drug-likeness (QED) is 0.642. The third-order valence-electron chi connectivity index (χ3n) is 4.56. The highest BCUT2D eigenvalue weighted by Crippen LogP contribution is 2.32. The van der Waals surface area contributed by atoms with Crippen molar-refractivity contribution in [1.82, 2.24) is 0 Å². The van der Waals surface area contributed by atoms with Crippen LogP contribution in [0, 0.1) is 0 Å². The summed E-state index contributed by atoms with van der Waals surface area (Å²) in [4.78, 5) is 0. The normalized spacial score (nSPS) is 21.0. The Labute approximate surface area is 126 Å². The van der Waals surface area contributed by atoms with Crippen LogP contribution >= 0.6 is 0 Å². The Hall–Kier alpha value is -0.940. The summed E-state index contributed by atoms with van der Waals surface area (Å²) in [5.41, 5.74) is 6.61. The first-order chi connectivity index (χ1) is 10.0. The molecule has 1 fully saturated rings. The average molecular weight is 293 g/mol. The second kappa shape index (κ2) is 7.36. The van der Waals surface area contributed by atoms with E-state index in [1.54, 1.807) is 6.07 Å². The van der Waals surface area contributed by atoms with Gasteiger partial charge in [0.05, 0.1) is 11.7 Å². The first-order valence-corrected chi connectivity index (χ1v) is 7.91. The summed E-state index contributed by atoms with van der Waals surface area (Å²) >= 11 is 0. The Kier molecular flexibility index (Phi) is 5.76. The summed E-state index contributed by atoms with van der Waals surface area (Å²) < 4.78 is 0. The Morgan fingerprint density at radius 3 is 2.52 bits per heavy atom. The number of aryl methyl sites for hydroxylation is 1. The maximum absolute atomic E-state index is 10.5. The lowest BCUT2D eigenvalue weighted by Crippen LogP contribution is -2.31. The first kappa shape index (κ1) is 16.4. The van der Waals surface area contributed by atoms with Crippen LogP contribution < -0.4 is 5.73 Å². The highest BCUT2D eigenvalue weighted by molar-refractivity contribution is 5.26. The topological polar surface area (TPSA) is 86.7 Å². The fourth-order valence-corrected chi connectivity index (χ4v) is 3.12. The lowest BCUT2D eigenvalue weighted by Gasteiger charge is -2.32. The smallest absolute Gasteiger partial charge is 0.106 e. The number of rotatable bonds is 6. The van der Waals surface area contributed by atoms with Crippen molar-refractivity contribution < 1.29 is 15.3 Å². The van der Waals surface area contributed by atoms with E-state index in [2.05, 4.69) is 0 Å². The Morgan fingerprint density at radius 2 is 1.86 bits per heavy atom. The Morgan fingerprint density at radius 1 is 1.14 bits per heavy atom. The molecule has 0 saturated heterocycles. The van der Waals surface area contributed by atoms with E-state index in [4.69, 9.17) is 5.73 Å². The lowest BCUT2D eigenvalue weighted by atomic mass is 9.81. The Bertz CT molecular complexity index is 443. The SMILES string of the molecule is NC[C@H](O)[C@H](O)c1cccc(CCC2(O)CCCCC2)c1. The van der Waals surface area contributed by atoms with E-state index in [-0.39, 0.29) is 6.54 Å². The summed E-state index contributed by atoms with van der Waals surface area (Å²) in [6.07, 6.45) is 4.87. The van der Waals surface area contributed by atoms with E-state index < -0.39 is 17.8 Å². The van der Waals surface area contributed by atoms with Gasteiger partial charge in [0.15, 0.2) is 0 Å². The predicted octanol–water partition coefficient (Wildman–Crippen LogP) is 1.67. The molecule has 4 heteroatoms. The maximum Gasteiger partial charge on any atom is 0.106 e. The van der Waals surface area contributed by atoms with Crippen molar-refractivity contribution >= 4 is 0 Å². The molecule has 0 aliphatic heterocycles. The van der Waals surface area contributed by atoms with Gasteiger partial charge in [0.25, 0.3) is 0 Å². The second-order valence-corrected chi connectivity index (χ2v) is 6.28. The molecular weight excluding hydrogens is 266 g/mol. The van der Waals surface area contributed by atoms with Crippen molar-refractivity contribution in [2.45, 2.75) is 62.8 Å². The van der Waals surface area contributed by atoms with Crippen LogP contribution in [0.1, 0.15) is 55.8 Å². The number of nitrogens with two attached hydrogens (primary N) is 1. The van der Waals surface area contributed by atoms with E-state index in [0.717, 1.165) is 44.1 Å². The lowest BCUT2D eigenvalue weighted by molar-refractivity contribution is -0.00346. The van der Waals surface area contributed by atoms with Crippen LogP contribution in [0.25, 0.3) is 0 Å². The van der Waals surface area contributed by atoms with Crippen molar-refractivity contribution in [3.05, 3.63) is 35.4 Å². The van der Waals surface area contributed by atoms with Crippen LogP contribution in [0.2, 0.25) is 0 Å². The summed E-state index contributed by atoms with van der Waals surface area (Å²) in [5.74, 6) is 0. The molecular formula is C17H27NO3. The minimum absolute atomic E-state index is 0.0329. The van der Waals surface area contributed by atoms with Crippen molar-refractivity contribution in [1.29, 1.82) is 0 Å². The first-order valence-electron chi connectivity index (χ1n) is 7.91. The maximum atomic E-state index is 10.5. The van der Waals surface area contributed by atoms with Crippen LogP contribution in [0.4, 0.5) is 0 Å². The van der Waals surface area contributed by atoms with Crippen molar-refractivity contribution in [2.24, 2.45) is 5.73 Å². The van der Waals surface area contributed by atoms with E-state index in [1.807, 2.05) is 18.2 Å². The highest BCUT2D eigenvalue weighted by atomic mass is 16.3. The molecule has 0 unspecified atom stereocenters. The molecule has 2 rings (SSSR count). The molecule has 1 aromatic carbocycles. The standard InChI is InChI=1S/C17H27NO3/c18-12-15(19)16(20)14-6-4-5-13(11-14)7-10-17(21)8-2-1-3-9-17/h4-6,11,15-16,19-21H,1-3,7-10,12,18H2/t15-,16+/m0/s1. The molecule has 1 aromatic rings. The molecule has 21 heavy (non-hydrogen) atoms. The van der Waals surface area contributed by atoms with Gasteiger partial charge < -0.3 is 21.1 Å². The van der Waals surface area contributed by atoms with Gasteiger partial charge in [0.1, 0.15) is 6.10 Å². The molecule has 0 amide bonds. The second-order valence-electron chi connectivity index (χ2n) is 6.28. The van der Waals surface area contributed by atoms with Gasteiger partial charge in [-0.15, -0.1) is 0 Å². The van der Waals surface area contributed by atoms with Gasteiger partial charge in [-0.25, -0.2) is 0 Å². The summed E-state index contributed by atoms with van der Waals surface area (Å²) in [5, 5.41) is 30.2. The number of hydrogen-bond acceptors (Lipinski definition) is 4. The van der Waals surface area contributed by atoms with E-state index in [9.17, 15) is 15.3 Å². The molecule has 5 N–H and O–H groups in total. The molecule has 2 atom stereocenters. The van der Waals surface area contributed by atoms with Gasteiger partial charge in [0, 0.05) is 6.54 Å². The number of aliphatic hydroxyl groups is 3. The molecule has 0 bridgehead atoms. The van der Waals surface area contributed by atoms with Crippen molar-refractivity contribution in [3.8, 4) is 0 Å². The number of hydrogen-bond donors (Lipinski definition) is 4. The van der Waals surface area contributed by atoms with Crippen molar-refractivity contribution in [2.75, 3.05) is 6.54 Å². The summed E-state index contributed by atoms with van der Waals surface area (Å²) in [6.45, 7) is 0.0329. The van der Waals surface area contributed by atoms with Gasteiger partial charge >= 0.3 is 0 Å². The fourth-order valence-electron chi connectivity index (χ4n) is 3.12. The molecule has 4 nitrogen and oxygen atoms in total.